The van der Waals surface area contributed by atoms with Gasteiger partial charge in [0.25, 0.3) is 5.56 Å². The largest absolute Gasteiger partial charge is 0.370 e. The number of amides is 1. The van der Waals surface area contributed by atoms with Gasteiger partial charge in [0, 0.05) is 24.3 Å². The number of aromatic nitrogens is 2. The van der Waals surface area contributed by atoms with Gasteiger partial charge in [-0.2, -0.15) is 0 Å². The van der Waals surface area contributed by atoms with E-state index in [-0.39, 0.29) is 18.5 Å². The molecule has 4 rings (SSSR count). The summed E-state index contributed by atoms with van der Waals surface area (Å²) in [6.07, 6.45) is 3.78. The number of carbonyl (C=O) groups is 1. The van der Waals surface area contributed by atoms with Crippen LogP contribution < -0.4 is 11.3 Å². The van der Waals surface area contributed by atoms with E-state index in [1.54, 1.807) is 15.9 Å². The van der Waals surface area contributed by atoms with E-state index in [1.807, 2.05) is 30.3 Å². The number of primary amides is 1. The van der Waals surface area contributed by atoms with Gasteiger partial charge in [0.15, 0.2) is 0 Å². The molecular weight excluding hydrogens is 334 g/mol. The van der Waals surface area contributed by atoms with Gasteiger partial charge in [0.2, 0.25) is 5.91 Å². The number of hydrogen-bond acceptors (Lipinski definition) is 4. The maximum atomic E-state index is 13.2. The second-order valence-electron chi connectivity index (χ2n) is 6.40. The van der Waals surface area contributed by atoms with E-state index in [9.17, 15) is 9.59 Å². The van der Waals surface area contributed by atoms with Crippen molar-refractivity contribution in [2.45, 2.75) is 38.6 Å². The van der Waals surface area contributed by atoms with Crippen molar-refractivity contribution in [3.05, 3.63) is 62.5 Å². The minimum Gasteiger partial charge on any atom is -0.370 e. The van der Waals surface area contributed by atoms with E-state index >= 15 is 0 Å². The van der Waals surface area contributed by atoms with Crippen molar-refractivity contribution in [1.29, 1.82) is 0 Å². The molecule has 25 heavy (non-hydrogen) atoms. The van der Waals surface area contributed by atoms with Crippen molar-refractivity contribution in [1.82, 2.24) is 9.55 Å². The molecule has 0 unspecified atom stereocenters. The first-order chi connectivity index (χ1) is 12.1. The molecule has 6 heteroatoms. The van der Waals surface area contributed by atoms with Crippen LogP contribution in [0.3, 0.4) is 0 Å². The molecule has 128 valence electrons. The molecule has 0 atom stereocenters. The summed E-state index contributed by atoms with van der Waals surface area (Å²) in [6, 6.07) is 9.94. The third-order valence-corrected chi connectivity index (χ3v) is 5.88. The molecule has 2 N–H and O–H groups in total. The number of nitrogens with two attached hydrogens (primary N) is 1. The maximum absolute atomic E-state index is 13.2. The van der Waals surface area contributed by atoms with Gasteiger partial charge in [-0.1, -0.05) is 30.3 Å². The first-order valence-electron chi connectivity index (χ1n) is 8.49. The molecule has 1 aliphatic carbocycles. The Kier molecular flexibility index (Phi) is 4.13. The quantitative estimate of drug-likeness (QED) is 0.765. The Morgan fingerprint density at radius 1 is 1.24 bits per heavy atom. The fourth-order valence-corrected chi connectivity index (χ4v) is 4.76. The zero-order chi connectivity index (χ0) is 17.4. The van der Waals surface area contributed by atoms with Gasteiger partial charge < -0.3 is 5.73 Å². The minimum absolute atomic E-state index is 0.0309. The highest BCUT2D eigenvalue weighted by Gasteiger charge is 2.23. The van der Waals surface area contributed by atoms with Crippen LogP contribution in [-0.4, -0.2) is 15.5 Å². The number of thiophene rings is 1. The lowest BCUT2D eigenvalue weighted by Gasteiger charge is -2.12. The zero-order valence-corrected chi connectivity index (χ0v) is 14.6. The lowest BCUT2D eigenvalue weighted by molar-refractivity contribution is -0.118. The second-order valence-corrected chi connectivity index (χ2v) is 7.48. The van der Waals surface area contributed by atoms with E-state index < -0.39 is 5.91 Å². The molecule has 1 amide bonds. The predicted octanol–water partition coefficient (Wildman–Crippen LogP) is 2.41. The van der Waals surface area contributed by atoms with Crippen LogP contribution in [0.1, 0.15) is 34.7 Å². The van der Waals surface area contributed by atoms with Gasteiger partial charge in [-0.15, -0.1) is 11.3 Å². The summed E-state index contributed by atoms with van der Waals surface area (Å²) in [5.41, 5.74) is 7.52. The summed E-state index contributed by atoms with van der Waals surface area (Å²) in [7, 11) is 0. The van der Waals surface area contributed by atoms with E-state index in [1.165, 1.54) is 4.88 Å². The fourth-order valence-electron chi connectivity index (χ4n) is 3.48. The number of benzene rings is 1. The highest BCUT2D eigenvalue weighted by Crippen LogP contribution is 2.34. The Labute approximate surface area is 149 Å². The molecule has 0 fully saturated rings. The Balaban J connectivity index is 1.86. The molecule has 0 saturated carbocycles. The number of nitrogens with zero attached hydrogens (tertiary/aromatic N) is 2. The van der Waals surface area contributed by atoms with Crippen molar-refractivity contribution in [3.8, 4) is 0 Å². The standard InChI is InChI=1S/C19H19N3O2S/c20-15(23)9-10-22-16(11-12-5-2-1-3-6-12)21-18-17(19(22)24)13-7-4-8-14(13)25-18/h1-3,5-6H,4,7-11H2,(H2,20,23). The molecule has 0 spiro atoms. The molecule has 0 bridgehead atoms. The van der Waals surface area contributed by atoms with Crippen LogP contribution in [0.15, 0.2) is 35.1 Å². The highest BCUT2D eigenvalue weighted by molar-refractivity contribution is 7.18. The molecule has 2 aromatic heterocycles. The van der Waals surface area contributed by atoms with Crippen LogP contribution in [0.5, 0.6) is 0 Å². The number of fused-ring (bicyclic) bond motifs is 3. The second kappa shape index (κ2) is 6.44. The number of hydrogen-bond donors (Lipinski definition) is 1. The lowest BCUT2D eigenvalue weighted by atomic mass is 10.1. The first kappa shape index (κ1) is 16.0. The molecule has 1 aliphatic rings. The summed E-state index contributed by atoms with van der Waals surface area (Å²) in [5.74, 6) is 0.290. The van der Waals surface area contributed by atoms with Gasteiger partial charge in [-0.3, -0.25) is 14.2 Å². The van der Waals surface area contributed by atoms with Crippen molar-refractivity contribution in [3.63, 3.8) is 0 Å². The monoisotopic (exact) mass is 353 g/mol. The molecule has 0 aliphatic heterocycles. The average molecular weight is 353 g/mol. The highest BCUT2D eigenvalue weighted by atomic mass is 32.1. The topological polar surface area (TPSA) is 78.0 Å². The molecule has 2 heterocycles. The lowest BCUT2D eigenvalue weighted by Crippen LogP contribution is -2.28. The molecule has 0 radical (unpaired) electrons. The third-order valence-electron chi connectivity index (χ3n) is 4.69. The van der Waals surface area contributed by atoms with Crippen molar-refractivity contribution >= 4 is 27.5 Å². The summed E-state index contributed by atoms with van der Waals surface area (Å²) in [5, 5.41) is 0.749. The number of aryl methyl sites for hydroxylation is 2. The molecular formula is C19H19N3O2S. The number of rotatable bonds is 5. The normalized spacial score (nSPS) is 13.3. The van der Waals surface area contributed by atoms with E-state index in [4.69, 9.17) is 10.7 Å². The van der Waals surface area contributed by atoms with Crippen LogP contribution in [0.4, 0.5) is 0 Å². The first-order valence-corrected chi connectivity index (χ1v) is 9.31. The smallest absolute Gasteiger partial charge is 0.262 e. The SMILES string of the molecule is NC(=O)CCn1c(Cc2ccccc2)nc2sc3c(c2c1=O)CCC3. The third kappa shape index (κ3) is 2.98. The Morgan fingerprint density at radius 3 is 2.80 bits per heavy atom. The van der Waals surface area contributed by atoms with E-state index in [2.05, 4.69) is 0 Å². The summed E-state index contributed by atoms with van der Waals surface area (Å²) >= 11 is 1.64. The molecule has 1 aromatic carbocycles. The van der Waals surface area contributed by atoms with Crippen LogP contribution in [0.25, 0.3) is 10.2 Å². The van der Waals surface area contributed by atoms with Gasteiger partial charge in [0.05, 0.1) is 5.39 Å². The van der Waals surface area contributed by atoms with Crippen LogP contribution in [0, 0.1) is 0 Å². The molecule has 5 nitrogen and oxygen atoms in total. The maximum Gasteiger partial charge on any atom is 0.262 e. The Morgan fingerprint density at radius 2 is 2.04 bits per heavy atom. The van der Waals surface area contributed by atoms with E-state index in [0.29, 0.717) is 12.2 Å². The zero-order valence-electron chi connectivity index (χ0n) is 13.8. The van der Waals surface area contributed by atoms with Crippen LogP contribution in [0.2, 0.25) is 0 Å². The van der Waals surface area contributed by atoms with Crippen molar-refractivity contribution in [2.24, 2.45) is 5.73 Å². The van der Waals surface area contributed by atoms with Crippen molar-refractivity contribution < 1.29 is 4.79 Å². The minimum atomic E-state index is -0.409. The Bertz CT molecular complexity index is 1000. The van der Waals surface area contributed by atoms with Crippen molar-refractivity contribution in [2.75, 3.05) is 0 Å². The summed E-state index contributed by atoms with van der Waals surface area (Å²) in [4.78, 5) is 31.3. The summed E-state index contributed by atoms with van der Waals surface area (Å²) < 4.78 is 1.64. The summed E-state index contributed by atoms with van der Waals surface area (Å²) in [6.45, 7) is 0.282. The average Bonchev–Trinajstić information content (AvgIpc) is 3.15. The number of carbonyl (C=O) groups excluding carboxylic acids is 1. The van der Waals surface area contributed by atoms with Gasteiger partial charge in [0.1, 0.15) is 10.7 Å². The predicted molar refractivity (Wildman–Crippen MR) is 99.0 cm³/mol. The van der Waals surface area contributed by atoms with Gasteiger partial charge in [-0.25, -0.2) is 4.98 Å². The van der Waals surface area contributed by atoms with Gasteiger partial charge >= 0.3 is 0 Å². The fraction of sp³-hybridized carbons (Fsp3) is 0.316. The van der Waals surface area contributed by atoms with Gasteiger partial charge in [-0.05, 0) is 30.4 Å². The Hall–Kier alpha value is -2.47. The van der Waals surface area contributed by atoms with Crippen LogP contribution in [-0.2, 0) is 30.6 Å². The molecule has 0 saturated heterocycles. The molecule has 3 aromatic rings. The van der Waals surface area contributed by atoms with Crippen LogP contribution >= 0.6 is 11.3 Å². The van der Waals surface area contributed by atoms with E-state index in [0.717, 1.165) is 40.6 Å².